The van der Waals surface area contributed by atoms with E-state index in [9.17, 15) is 18.4 Å². The molecule has 1 aliphatic carbocycles. The van der Waals surface area contributed by atoms with Crippen molar-refractivity contribution in [2.24, 2.45) is 0 Å². The van der Waals surface area contributed by atoms with E-state index in [0.29, 0.717) is 36.1 Å². The van der Waals surface area contributed by atoms with Crippen LogP contribution in [0.15, 0.2) is 35.5 Å². The average molecular weight is 308 g/mol. The minimum atomic E-state index is -2.89. The maximum atomic E-state index is 12.2. The summed E-state index contributed by atoms with van der Waals surface area (Å²) in [7, 11) is 0. The SMILES string of the molecule is O=C1NC2=C(C(=O)CCC2)[C@@H](c2ccc(OC(F)F)cc2)N1. The smallest absolute Gasteiger partial charge is 0.387 e. The molecule has 5 nitrogen and oxygen atoms in total. The minimum absolute atomic E-state index is 0.00773. The Labute approximate surface area is 125 Å². The third kappa shape index (κ3) is 2.79. The molecule has 0 saturated carbocycles. The van der Waals surface area contributed by atoms with Gasteiger partial charge < -0.3 is 15.4 Å². The van der Waals surface area contributed by atoms with Crippen LogP contribution < -0.4 is 15.4 Å². The standard InChI is InChI=1S/C15H14F2N2O3/c16-14(17)22-9-6-4-8(5-7-9)13-12-10(18-15(21)19-13)2-1-3-11(12)20/h4-7,13-14H,1-3H2,(H2,18,19,21)/t13-/m1/s1. The van der Waals surface area contributed by atoms with Crippen molar-refractivity contribution in [2.45, 2.75) is 31.9 Å². The molecule has 1 aromatic rings. The first kappa shape index (κ1) is 14.5. The van der Waals surface area contributed by atoms with Gasteiger partial charge in [0.1, 0.15) is 5.75 Å². The number of halogens is 2. The van der Waals surface area contributed by atoms with Crippen LogP contribution in [-0.2, 0) is 4.79 Å². The molecule has 22 heavy (non-hydrogen) atoms. The van der Waals surface area contributed by atoms with Crippen LogP contribution in [0.4, 0.5) is 13.6 Å². The first-order valence-corrected chi connectivity index (χ1v) is 6.93. The fourth-order valence-electron chi connectivity index (χ4n) is 2.80. The quantitative estimate of drug-likeness (QED) is 0.902. The Morgan fingerprint density at radius 3 is 2.55 bits per heavy atom. The summed E-state index contributed by atoms with van der Waals surface area (Å²) in [5.41, 5.74) is 1.85. The summed E-state index contributed by atoms with van der Waals surface area (Å²) < 4.78 is 28.6. The van der Waals surface area contributed by atoms with Gasteiger partial charge >= 0.3 is 12.6 Å². The Kier molecular flexibility index (Phi) is 3.79. The molecule has 116 valence electrons. The number of carbonyl (C=O) groups is 2. The van der Waals surface area contributed by atoms with Crippen molar-refractivity contribution >= 4 is 11.8 Å². The van der Waals surface area contributed by atoms with Gasteiger partial charge in [-0.25, -0.2) is 4.79 Å². The summed E-state index contributed by atoms with van der Waals surface area (Å²) in [4.78, 5) is 23.9. The van der Waals surface area contributed by atoms with Crippen LogP contribution in [-0.4, -0.2) is 18.4 Å². The average Bonchev–Trinajstić information content (AvgIpc) is 2.46. The van der Waals surface area contributed by atoms with E-state index in [0.717, 1.165) is 0 Å². The molecule has 2 aliphatic rings. The maximum Gasteiger partial charge on any atom is 0.387 e. The molecule has 3 rings (SSSR count). The predicted molar refractivity (Wildman–Crippen MR) is 73.4 cm³/mol. The van der Waals surface area contributed by atoms with E-state index < -0.39 is 12.7 Å². The lowest BCUT2D eigenvalue weighted by molar-refractivity contribution is -0.116. The van der Waals surface area contributed by atoms with Crippen molar-refractivity contribution in [1.29, 1.82) is 0 Å². The Morgan fingerprint density at radius 1 is 1.14 bits per heavy atom. The predicted octanol–water partition coefficient (Wildman–Crippen LogP) is 2.65. The number of ketones is 1. The molecular formula is C15H14F2N2O3. The van der Waals surface area contributed by atoms with E-state index in [4.69, 9.17) is 0 Å². The normalized spacial score (nSPS) is 21.3. The molecule has 2 N–H and O–H groups in total. The number of nitrogens with one attached hydrogen (secondary N) is 2. The number of hydrogen-bond acceptors (Lipinski definition) is 3. The number of alkyl halides is 2. The highest BCUT2D eigenvalue weighted by molar-refractivity contribution is 6.00. The number of carbonyl (C=O) groups excluding carboxylic acids is 2. The fraction of sp³-hybridized carbons (Fsp3) is 0.333. The second-order valence-corrected chi connectivity index (χ2v) is 5.15. The second kappa shape index (κ2) is 5.75. The van der Waals surface area contributed by atoms with Crippen LogP contribution in [0.5, 0.6) is 5.75 Å². The first-order chi connectivity index (χ1) is 10.5. The summed E-state index contributed by atoms with van der Waals surface area (Å²) in [6.45, 7) is -2.89. The number of urea groups is 1. The molecule has 0 unspecified atom stereocenters. The number of amides is 2. The van der Waals surface area contributed by atoms with Crippen molar-refractivity contribution in [3.05, 3.63) is 41.1 Å². The molecule has 7 heteroatoms. The van der Waals surface area contributed by atoms with Gasteiger partial charge in [0, 0.05) is 17.7 Å². The zero-order valence-electron chi connectivity index (χ0n) is 11.6. The monoisotopic (exact) mass is 308 g/mol. The third-order valence-electron chi connectivity index (χ3n) is 3.72. The molecule has 0 spiro atoms. The highest BCUT2D eigenvalue weighted by atomic mass is 19.3. The molecular weight excluding hydrogens is 294 g/mol. The summed E-state index contributed by atoms with van der Waals surface area (Å²) in [5, 5.41) is 5.38. The van der Waals surface area contributed by atoms with E-state index >= 15 is 0 Å². The summed E-state index contributed by atoms with van der Waals surface area (Å²) >= 11 is 0. The number of rotatable bonds is 3. The Hall–Kier alpha value is -2.44. The zero-order valence-corrected chi connectivity index (χ0v) is 11.6. The highest BCUT2D eigenvalue weighted by Crippen LogP contribution is 2.33. The first-order valence-electron chi connectivity index (χ1n) is 6.93. The Balaban J connectivity index is 1.92. The molecule has 0 radical (unpaired) electrons. The van der Waals surface area contributed by atoms with Gasteiger partial charge in [0.15, 0.2) is 5.78 Å². The number of ether oxygens (including phenoxy) is 1. The van der Waals surface area contributed by atoms with Gasteiger partial charge in [0.25, 0.3) is 0 Å². The van der Waals surface area contributed by atoms with Gasteiger partial charge in [-0.05, 0) is 30.5 Å². The minimum Gasteiger partial charge on any atom is -0.435 e. The fourth-order valence-corrected chi connectivity index (χ4v) is 2.80. The molecule has 0 saturated heterocycles. The molecule has 1 aliphatic heterocycles. The van der Waals surface area contributed by atoms with Crippen LogP contribution in [0.25, 0.3) is 0 Å². The lowest BCUT2D eigenvalue weighted by Gasteiger charge is -2.32. The summed E-state index contributed by atoms with van der Waals surface area (Å²) in [6.07, 6.45) is 1.81. The molecule has 0 bridgehead atoms. The van der Waals surface area contributed by atoms with E-state index in [2.05, 4.69) is 15.4 Å². The second-order valence-electron chi connectivity index (χ2n) is 5.15. The molecule has 0 fully saturated rings. The Bertz CT molecular complexity index is 641. The largest absolute Gasteiger partial charge is 0.435 e. The third-order valence-corrected chi connectivity index (χ3v) is 3.72. The van der Waals surface area contributed by atoms with Crippen molar-refractivity contribution in [3.8, 4) is 5.75 Å². The van der Waals surface area contributed by atoms with Crippen LogP contribution in [0.3, 0.4) is 0 Å². The van der Waals surface area contributed by atoms with E-state index in [1.165, 1.54) is 12.1 Å². The molecule has 1 heterocycles. The van der Waals surface area contributed by atoms with Crippen LogP contribution in [0.2, 0.25) is 0 Å². The van der Waals surface area contributed by atoms with Gasteiger partial charge in [0.2, 0.25) is 0 Å². The van der Waals surface area contributed by atoms with Crippen molar-refractivity contribution in [3.63, 3.8) is 0 Å². The lowest BCUT2D eigenvalue weighted by Crippen LogP contribution is -2.46. The molecule has 1 atom stereocenters. The van der Waals surface area contributed by atoms with Crippen molar-refractivity contribution in [1.82, 2.24) is 10.6 Å². The van der Waals surface area contributed by atoms with Crippen molar-refractivity contribution in [2.75, 3.05) is 0 Å². The van der Waals surface area contributed by atoms with Crippen LogP contribution in [0, 0.1) is 0 Å². The summed E-state index contributed by atoms with van der Waals surface area (Å²) in [6, 6.07) is 5.00. The van der Waals surface area contributed by atoms with Crippen molar-refractivity contribution < 1.29 is 23.1 Å². The Morgan fingerprint density at radius 2 is 1.86 bits per heavy atom. The summed E-state index contributed by atoms with van der Waals surface area (Å²) in [5.74, 6) is 0.0230. The number of allylic oxidation sites excluding steroid dienone is 1. The van der Waals surface area contributed by atoms with Gasteiger partial charge in [0.05, 0.1) is 6.04 Å². The number of Topliss-reactive ketones (excluding diaryl/α,β-unsaturated/α-hetero) is 1. The van der Waals surface area contributed by atoms with Gasteiger partial charge in [-0.1, -0.05) is 12.1 Å². The zero-order chi connectivity index (χ0) is 15.7. The topological polar surface area (TPSA) is 67.4 Å². The van der Waals surface area contributed by atoms with Gasteiger partial charge in [-0.2, -0.15) is 8.78 Å². The molecule has 2 amide bonds. The van der Waals surface area contributed by atoms with E-state index in [-0.39, 0.29) is 17.6 Å². The van der Waals surface area contributed by atoms with Crippen LogP contribution in [0.1, 0.15) is 30.9 Å². The van der Waals surface area contributed by atoms with Crippen LogP contribution >= 0.6 is 0 Å². The maximum absolute atomic E-state index is 12.2. The molecule has 0 aromatic heterocycles. The van der Waals surface area contributed by atoms with E-state index in [1.807, 2.05) is 0 Å². The highest BCUT2D eigenvalue weighted by Gasteiger charge is 2.34. The van der Waals surface area contributed by atoms with Gasteiger partial charge in [-0.15, -0.1) is 0 Å². The number of benzene rings is 1. The lowest BCUT2D eigenvalue weighted by atomic mass is 9.85. The number of hydrogen-bond donors (Lipinski definition) is 2. The van der Waals surface area contributed by atoms with E-state index in [1.54, 1.807) is 12.1 Å². The van der Waals surface area contributed by atoms with Gasteiger partial charge in [-0.3, -0.25) is 4.79 Å². The molecule has 1 aromatic carbocycles.